The summed E-state index contributed by atoms with van der Waals surface area (Å²) in [6.07, 6.45) is 2.44. The SMILES string of the molecule is CCC(C)C(O)c1cnc(C)s1. The fourth-order valence-electron chi connectivity index (χ4n) is 1.02. The van der Waals surface area contributed by atoms with Gasteiger partial charge < -0.3 is 5.11 Å². The summed E-state index contributed by atoms with van der Waals surface area (Å²) in [5, 5.41) is 10.8. The minimum atomic E-state index is -0.332. The fourth-order valence-corrected chi connectivity index (χ4v) is 1.92. The second kappa shape index (κ2) is 4.01. The van der Waals surface area contributed by atoms with E-state index in [-0.39, 0.29) is 6.10 Å². The normalized spacial score (nSPS) is 16.0. The molecule has 1 heterocycles. The van der Waals surface area contributed by atoms with Crippen molar-refractivity contribution in [3.05, 3.63) is 16.1 Å². The van der Waals surface area contributed by atoms with Gasteiger partial charge in [-0.15, -0.1) is 11.3 Å². The lowest BCUT2D eigenvalue weighted by atomic mass is 10.0. The summed E-state index contributed by atoms with van der Waals surface area (Å²) in [6, 6.07) is 0. The van der Waals surface area contributed by atoms with E-state index in [2.05, 4.69) is 18.8 Å². The van der Waals surface area contributed by atoms with Crippen molar-refractivity contribution in [3.63, 3.8) is 0 Å². The van der Waals surface area contributed by atoms with Gasteiger partial charge in [-0.3, -0.25) is 0 Å². The lowest BCUT2D eigenvalue weighted by Gasteiger charge is -2.14. The first-order chi connectivity index (χ1) is 5.65. The maximum atomic E-state index is 9.77. The highest BCUT2D eigenvalue weighted by molar-refractivity contribution is 7.11. The van der Waals surface area contributed by atoms with Gasteiger partial charge in [0, 0.05) is 6.20 Å². The first kappa shape index (κ1) is 9.68. The van der Waals surface area contributed by atoms with Gasteiger partial charge in [-0.25, -0.2) is 4.98 Å². The average Bonchev–Trinajstić information content (AvgIpc) is 2.49. The molecular formula is C9H15NOS. The zero-order valence-electron chi connectivity index (χ0n) is 7.74. The molecule has 0 fully saturated rings. The lowest BCUT2D eigenvalue weighted by molar-refractivity contribution is 0.119. The quantitative estimate of drug-likeness (QED) is 0.785. The van der Waals surface area contributed by atoms with E-state index in [1.54, 1.807) is 17.5 Å². The van der Waals surface area contributed by atoms with E-state index in [4.69, 9.17) is 0 Å². The van der Waals surface area contributed by atoms with Crippen LogP contribution in [-0.4, -0.2) is 10.1 Å². The number of aliphatic hydroxyl groups excluding tert-OH is 1. The molecule has 0 spiro atoms. The molecule has 1 rings (SSSR count). The van der Waals surface area contributed by atoms with Gasteiger partial charge in [0.1, 0.15) is 0 Å². The summed E-state index contributed by atoms with van der Waals surface area (Å²) in [6.45, 7) is 6.10. The summed E-state index contributed by atoms with van der Waals surface area (Å²) in [5.74, 6) is 0.324. The molecule has 0 saturated carbocycles. The van der Waals surface area contributed by atoms with Crippen LogP contribution in [0.15, 0.2) is 6.20 Å². The molecule has 2 atom stereocenters. The number of aliphatic hydroxyl groups is 1. The third-order valence-electron chi connectivity index (χ3n) is 2.11. The van der Waals surface area contributed by atoms with Crippen molar-refractivity contribution in [2.75, 3.05) is 0 Å². The van der Waals surface area contributed by atoms with Gasteiger partial charge in [0.25, 0.3) is 0 Å². The van der Waals surface area contributed by atoms with E-state index in [9.17, 15) is 5.11 Å². The Labute approximate surface area is 77.3 Å². The van der Waals surface area contributed by atoms with Gasteiger partial charge in [0.05, 0.1) is 16.0 Å². The van der Waals surface area contributed by atoms with E-state index in [0.717, 1.165) is 16.3 Å². The molecule has 1 N–H and O–H groups in total. The molecule has 0 aliphatic heterocycles. The highest BCUT2D eigenvalue weighted by atomic mass is 32.1. The summed E-state index contributed by atoms with van der Waals surface area (Å²) >= 11 is 1.58. The van der Waals surface area contributed by atoms with Crippen LogP contribution >= 0.6 is 11.3 Å². The van der Waals surface area contributed by atoms with Gasteiger partial charge in [-0.05, 0) is 12.8 Å². The molecule has 68 valence electrons. The molecule has 12 heavy (non-hydrogen) atoms. The third-order valence-corrected chi connectivity index (χ3v) is 3.10. The van der Waals surface area contributed by atoms with Crippen molar-refractivity contribution in [2.45, 2.75) is 33.3 Å². The Morgan fingerprint density at radius 2 is 2.33 bits per heavy atom. The lowest BCUT2D eigenvalue weighted by Crippen LogP contribution is -2.05. The highest BCUT2D eigenvalue weighted by Gasteiger charge is 2.16. The monoisotopic (exact) mass is 185 g/mol. The standard InChI is InChI=1S/C9H15NOS/c1-4-6(2)9(11)8-5-10-7(3)12-8/h5-6,9,11H,4H2,1-3H3. The van der Waals surface area contributed by atoms with Crippen LogP contribution in [0, 0.1) is 12.8 Å². The number of thiazole rings is 1. The number of hydrogen-bond acceptors (Lipinski definition) is 3. The summed E-state index contributed by atoms with van der Waals surface area (Å²) in [7, 11) is 0. The van der Waals surface area contributed by atoms with E-state index in [1.807, 2.05) is 6.92 Å². The van der Waals surface area contributed by atoms with E-state index in [0.29, 0.717) is 5.92 Å². The molecule has 0 aromatic carbocycles. The van der Waals surface area contributed by atoms with Crippen molar-refractivity contribution >= 4 is 11.3 Å². The number of aromatic nitrogens is 1. The smallest absolute Gasteiger partial charge is 0.0923 e. The molecule has 0 aliphatic rings. The van der Waals surface area contributed by atoms with E-state index < -0.39 is 0 Å². The maximum absolute atomic E-state index is 9.77. The first-order valence-corrected chi connectivity index (χ1v) is 5.07. The van der Waals surface area contributed by atoms with Crippen LogP contribution in [0.25, 0.3) is 0 Å². The predicted molar refractivity (Wildman–Crippen MR) is 51.3 cm³/mol. The topological polar surface area (TPSA) is 33.1 Å². The Kier molecular flexibility index (Phi) is 3.23. The maximum Gasteiger partial charge on any atom is 0.0923 e. The third kappa shape index (κ3) is 2.05. The summed E-state index contributed by atoms with van der Waals surface area (Å²) in [4.78, 5) is 5.10. The van der Waals surface area contributed by atoms with Crippen LogP contribution in [-0.2, 0) is 0 Å². The molecule has 0 bridgehead atoms. The van der Waals surface area contributed by atoms with Crippen LogP contribution in [0.3, 0.4) is 0 Å². The average molecular weight is 185 g/mol. The van der Waals surface area contributed by atoms with E-state index in [1.165, 1.54) is 0 Å². The Morgan fingerprint density at radius 1 is 1.67 bits per heavy atom. The van der Waals surface area contributed by atoms with Gasteiger partial charge in [0.2, 0.25) is 0 Å². The number of nitrogens with zero attached hydrogens (tertiary/aromatic N) is 1. The molecule has 2 unspecified atom stereocenters. The molecule has 0 aliphatic carbocycles. The minimum Gasteiger partial charge on any atom is -0.387 e. The van der Waals surface area contributed by atoms with Gasteiger partial charge in [-0.1, -0.05) is 20.3 Å². The molecule has 1 aromatic heterocycles. The number of hydrogen-bond donors (Lipinski definition) is 1. The van der Waals surface area contributed by atoms with Gasteiger partial charge in [0.15, 0.2) is 0 Å². The minimum absolute atomic E-state index is 0.324. The largest absolute Gasteiger partial charge is 0.387 e. The second-order valence-corrected chi connectivity index (χ2v) is 4.38. The van der Waals surface area contributed by atoms with Crippen molar-refractivity contribution in [2.24, 2.45) is 5.92 Å². The Hall–Kier alpha value is -0.410. The summed E-state index contributed by atoms with van der Waals surface area (Å²) < 4.78 is 0. The Bertz CT molecular complexity index is 246. The van der Waals surface area contributed by atoms with Crippen LogP contribution in [0.4, 0.5) is 0 Å². The second-order valence-electron chi connectivity index (χ2n) is 3.11. The fraction of sp³-hybridized carbons (Fsp3) is 0.667. The van der Waals surface area contributed by atoms with Crippen molar-refractivity contribution in [1.82, 2.24) is 4.98 Å². The van der Waals surface area contributed by atoms with Gasteiger partial charge in [-0.2, -0.15) is 0 Å². The Balaban J connectivity index is 2.70. The molecule has 1 aromatic rings. The van der Waals surface area contributed by atoms with Crippen LogP contribution in [0.5, 0.6) is 0 Å². The number of rotatable bonds is 3. The molecule has 0 saturated heterocycles. The van der Waals surface area contributed by atoms with Crippen molar-refractivity contribution < 1.29 is 5.11 Å². The highest BCUT2D eigenvalue weighted by Crippen LogP contribution is 2.27. The van der Waals surface area contributed by atoms with Crippen molar-refractivity contribution in [1.29, 1.82) is 0 Å². The molecule has 0 amide bonds. The molecule has 2 nitrogen and oxygen atoms in total. The summed E-state index contributed by atoms with van der Waals surface area (Å²) in [5.41, 5.74) is 0. The van der Waals surface area contributed by atoms with E-state index >= 15 is 0 Å². The van der Waals surface area contributed by atoms with Gasteiger partial charge >= 0.3 is 0 Å². The first-order valence-electron chi connectivity index (χ1n) is 4.25. The van der Waals surface area contributed by atoms with Crippen LogP contribution in [0.2, 0.25) is 0 Å². The Morgan fingerprint density at radius 3 is 2.75 bits per heavy atom. The molecule has 3 heteroatoms. The molecular weight excluding hydrogens is 170 g/mol. The zero-order chi connectivity index (χ0) is 9.14. The molecule has 0 radical (unpaired) electrons. The predicted octanol–water partition coefficient (Wildman–Crippen LogP) is 2.53. The van der Waals surface area contributed by atoms with Crippen LogP contribution in [0.1, 0.15) is 36.3 Å². The number of aryl methyl sites for hydroxylation is 1. The van der Waals surface area contributed by atoms with Crippen LogP contribution < -0.4 is 0 Å². The van der Waals surface area contributed by atoms with Crippen molar-refractivity contribution in [3.8, 4) is 0 Å². The zero-order valence-corrected chi connectivity index (χ0v) is 8.56.